The molecule has 3 aromatic rings. The molecule has 1 saturated heterocycles. The number of hydrogen-bond acceptors (Lipinski definition) is 3. The molecule has 1 atom stereocenters. The first kappa shape index (κ1) is 25.9. The van der Waals surface area contributed by atoms with Crippen LogP contribution in [0.5, 0.6) is 0 Å². The van der Waals surface area contributed by atoms with Crippen LogP contribution in [0.3, 0.4) is 0 Å². The first-order valence-electron chi connectivity index (χ1n) is 12.4. The topological polar surface area (TPSA) is 40.6 Å². The standard InChI is InChI=1S/C29H35ClN2O2S/c1-31(35(33,34)29-13-6-3-7-14-29)23-27(26-11-8-12-28(30)22-26)17-20-32-18-15-25(16-19-32)21-24-9-4-2-5-10-24/h2-14,22,25,27H,15-21,23H2,1H3/t27-/m1/s1. The van der Waals surface area contributed by atoms with Gasteiger partial charge in [0.25, 0.3) is 0 Å². The Morgan fingerprint density at radius 3 is 2.26 bits per heavy atom. The Labute approximate surface area is 215 Å². The van der Waals surface area contributed by atoms with Crippen LogP contribution in [0.1, 0.15) is 36.3 Å². The molecule has 1 heterocycles. The maximum absolute atomic E-state index is 13.1. The van der Waals surface area contributed by atoms with Gasteiger partial charge in [-0.1, -0.05) is 72.3 Å². The van der Waals surface area contributed by atoms with E-state index < -0.39 is 10.0 Å². The van der Waals surface area contributed by atoms with E-state index in [-0.39, 0.29) is 5.92 Å². The van der Waals surface area contributed by atoms with Crippen molar-refractivity contribution in [3.63, 3.8) is 0 Å². The van der Waals surface area contributed by atoms with Gasteiger partial charge in [0.2, 0.25) is 10.0 Å². The summed E-state index contributed by atoms with van der Waals surface area (Å²) in [4.78, 5) is 2.86. The minimum atomic E-state index is -3.55. The van der Waals surface area contributed by atoms with E-state index in [2.05, 4.69) is 41.3 Å². The molecule has 1 aliphatic heterocycles. The second-order valence-electron chi connectivity index (χ2n) is 9.61. The van der Waals surface area contributed by atoms with Gasteiger partial charge in [-0.3, -0.25) is 0 Å². The molecule has 3 aromatic carbocycles. The van der Waals surface area contributed by atoms with Gasteiger partial charge >= 0.3 is 0 Å². The third kappa shape index (κ3) is 7.17. The lowest BCUT2D eigenvalue weighted by Crippen LogP contribution is -2.37. The Bertz CT molecular complexity index is 1160. The van der Waals surface area contributed by atoms with Crippen molar-refractivity contribution in [3.8, 4) is 0 Å². The van der Waals surface area contributed by atoms with Crippen molar-refractivity contribution in [2.45, 2.75) is 36.5 Å². The average molecular weight is 511 g/mol. The van der Waals surface area contributed by atoms with E-state index in [1.165, 1.54) is 22.7 Å². The van der Waals surface area contributed by atoms with Crippen LogP contribution in [0.25, 0.3) is 0 Å². The zero-order valence-corrected chi connectivity index (χ0v) is 22.0. The summed E-state index contributed by atoms with van der Waals surface area (Å²) < 4.78 is 27.8. The summed E-state index contributed by atoms with van der Waals surface area (Å²) >= 11 is 6.30. The van der Waals surface area contributed by atoms with Crippen molar-refractivity contribution in [2.24, 2.45) is 5.92 Å². The lowest BCUT2D eigenvalue weighted by atomic mass is 9.89. The highest BCUT2D eigenvalue weighted by Gasteiger charge is 2.26. The van der Waals surface area contributed by atoms with Crippen LogP contribution < -0.4 is 0 Å². The molecule has 0 radical (unpaired) electrons. The van der Waals surface area contributed by atoms with Gasteiger partial charge in [-0.2, -0.15) is 0 Å². The summed E-state index contributed by atoms with van der Waals surface area (Å²) in [5.41, 5.74) is 2.52. The molecule has 0 aliphatic carbocycles. The van der Waals surface area contributed by atoms with Gasteiger partial charge in [0, 0.05) is 18.6 Å². The van der Waals surface area contributed by atoms with Crippen molar-refractivity contribution in [2.75, 3.05) is 33.2 Å². The molecule has 1 fully saturated rings. The number of rotatable bonds is 10. The number of halogens is 1. The number of sulfonamides is 1. The molecule has 1 aliphatic rings. The number of hydrogen-bond donors (Lipinski definition) is 0. The Hall–Kier alpha value is -2.18. The van der Waals surface area contributed by atoms with Crippen molar-refractivity contribution in [3.05, 3.63) is 101 Å². The van der Waals surface area contributed by atoms with Crippen LogP contribution in [-0.2, 0) is 16.4 Å². The Morgan fingerprint density at radius 1 is 0.943 bits per heavy atom. The van der Waals surface area contributed by atoms with Gasteiger partial charge < -0.3 is 4.90 Å². The van der Waals surface area contributed by atoms with Crippen molar-refractivity contribution in [1.29, 1.82) is 0 Å². The number of benzene rings is 3. The van der Waals surface area contributed by atoms with Crippen LogP contribution in [0.15, 0.2) is 89.8 Å². The predicted octanol–water partition coefficient (Wildman–Crippen LogP) is 6.09. The van der Waals surface area contributed by atoms with Crippen molar-refractivity contribution >= 4 is 21.6 Å². The SMILES string of the molecule is CN(C[C@@H](CCN1CCC(Cc2ccccc2)CC1)c1cccc(Cl)c1)S(=O)(=O)c1ccccc1. The smallest absolute Gasteiger partial charge is 0.242 e. The first-order valence-corrected chi connectivity index (χ1v) is 14.3. The molecule has 35 heavy (non-hydrogen) atoms. The van der Waals surface area contributed by atoms with Crippen molar-refractivity contribution in [1.82, 2.24) is 9.21 Å². The fraction of sp³-hybridized carbons (Fsp3) is 0.379. The van der Waals surface area contributed by atoms with Gasteiger partial charge in [0.1, 0.15) is 0 Å². The largest absolute Gasteiger partial charge is 0.303 e. The van der Waals surface area contributed by atoms with E-state index in [4.69, 9.17) is 11.6 Å². The zero-order chi connectivity index (χ0) is 24.7. The molecule has 0 saturated carbocycles. The summed E-state index contributed by atoms with van der Waals surface area (Å²) in [5, 5.41) is 0.683. The lowest BCUT2D eigenvalue weighted by molar-refractivity contribution is 0.177. The van der Waals surface area contributed by atoms with Crippen LogP contribution in [0, 0.1) is 5.92 Å². The Morgan fingerprint density at radius 2 is 1.60 bits per heavy atom. The molecule has 0 N–H and O–H groups in total. The molecule has 0 aromatic heterocycles. The molecule has 0 spiro atoms. The Kier molecular flexibility index (Phi) is 9.01. The number of likely N-dealkylation sites (N-methyl/N-ethyl adjacent to an activating group) is 1. The second kappa shape index (κ2) is 12.2. The van der Waals surface area contributed by atoms with Crippen molar-refractivity contribution < 1.29 is 8.42 Å². The fourth-order valence-corrected chi connectivity index (χ4v) is 6.44. The highest BCUT2D eigenvalue weighted by molar-refractivity contribution is 7.89. The van der Waals surface area contributed by atoms with Gasteiger partial charge in [-0.05, 0) is 92.5 Å². The molecule has 4 nitrogen and oxygen atoms in total. The lowest BCUT2D eigenvalue weighted by Gasteiger charge is -2.33. The van der Waals surface area contributed by atoms with Gasteiger partial charge in [-0.25, -0.2) is 12.7 Å². The minimum Gasteiger partial charge on any atom is -0.303 e. The summed E-state index contributed by atoms with van der Waals surface area (Å²) in [7, 11) is -1.87. The predicted molar refractivity (Wildman–Crippen MR) is 144 cm³/mol. The van der Waals surface area contributed by atoms with E-state index in [0.717, 1.165) is 44.0 Å². The summed E-state index contributed by atoms with van der Waals surface area (Å²) in [6.45, 7) is 3.56. The monoisotopic (exact) mass is 510 g/mol. The minimum absolute atomic E-state index is 0.0687. The quantitative estimate of drug-likeness (QED) is 0.331. The van der Waals surface area contributed by atoms with Crippen LogP contribution in [0.4, 0.5) is 0 Å². The molecule has 6 heteroatoms. The van der Waals surface area contributed by atoms with Gasteiger partial charge in [0.05, 0.1) is 4.90 Å². The van der Waals surface area contributed by atoms with Crippen LogP contribution >= 0.6 is 11.6 Å². The normalized spacial score (nSPS) is 16.4. The third-order valence-corrected chi connectivity index (χ3v) is 9.19. The van der Waals surface area contributed by atoms with E-state index in [1.54, 1.807) is 31.3 Å². The Balaban J connectivity index is 1.38. The number of piperidine rings is 1. The summed E-state index contributed by atoms with van der Waals surface area (Å²) in [5.74, 6) is 0.804. The maximum Gasteiger partial charge on any atom is 0.242 e. The van der Waals surface area contributed by atoms with Crippen LogP contribution in [-0.4, -0.2) is 50.8 Å². The zero-order valence-electron chi connectivity index (χ0n) is 20.4. The van der Waals surface area contributed by atoms with Gasteiger partial charge in [0.15, 0.2) is 0 Å². The van der Waals surface area contributed by atoms with E-state index >= 15 is 0 Å². The first-order chi connectivity index (χ1) is 16.9. The van der Waals surface area contributed by atoms with E-state index in [0.29, 0.717) is 16.5 Å². The third-order valence-electron chi connectivity index (χ3n) is 7.12. The second-order valence-corrected chi connectivity index (χ2v) is 12.1. The van der Waals surface area contributed by atoms with Gasteiger partial charge in [-0.15, -0.1) is 0 Å². The summed E-state index contributed by atoms with van der Waals surface area (Å²) in [6, 6.07) is 27.3. The molecule has 0 bridgehead atoms. The molecular weight excluding hydrogens is 476 g/mol. The van der Waals surface area contributed by atoms with Crippen LogP contribution in [0.2, 0.25) is 5.02 Å². The molecular formula is C29H35ClN2O2S. The number of likely N-dealkylation sites (tertiary alicyclic amines) is 1. The highest BCUT2D eigenvalue weighted by atomic mass is 35.5. The molecule has 186 valence electrons. The molecule has 0 unspecified atom stereocenters. The molecule has 0 amide bonds. The van der Waals surface area contributed by atoms with E-state index in [1.807, 2.05) is 24.3 Å². The average Bonchev–Trinajstić information content (AvgIpc) is 2.88. The highest BCUT2D eigenvalue weighted by Crippen LogP contribution is 2.28. The van der Waals surface area contributed by atoms with E-state index in [9.17, 15) is 8.42 Å². The maximum atomic E-state index is 13.1. The molecule has 4 rings (SSSR count). The fourth-order valence-electron chi connectivity index (χ4n) is 5.00. The number of nitrogens with zero attached hydrogens (tertiary/aromatic N) is 2. The summed E-state index contributed by atoms with van der Waals surface area (Å²) in [6.07, 6.45) is 4.46.